The summed E-state index contributed by atoms with van der Waals surface area (Å²) >= 11 is 1.86. The van der Waals surface area contributed by atoms with E-state index in [9.17, 15) is 0 Å². The molecular formula is C60H43NS. The van der Waals surface area contributed by atoms with Crippen molar-refractivity contribution in [2.75, 3.05) is 4.90 Å². The standard InChI is InChI=1S/C60H43NS/c1-4-18-43(19-5-1)44-31-33-47(34-32-44)52-25-11-14-29-57(52)61(50-38-35-45(36-39-50)49-37-40-59-54(42-49)53-26-12-15-30-58(53)62-59)60(41-17-16-27-55(60)48-22-8-3-9-23-48)56-28-13-10-24-51(56)46-20-6-2-7-21-46/h1-40,42H,41H2. The maximum Gasteiger partial charge on any atom is 0.100 e. The van der Waals surface area contributed by atoms with E-state index in [-0.39, 0.29) is 0 Å². The second kappa shape index (κ2) is 16.2. The van der Waals surface area contributed by atoms with Crippen molar-refractivity contribution in [2.24, 2.45) is 0 Å². The van der Waals surface area contributed by atoms with Crippen molar-refractivity contribution in [2.45, 2.75) is 12.0 Å². The quantitative estimate of drug-likeness (QED) is 0.140. The van der Waals surface area contributed by atoms with Crippen LogP contribution < -0.4 is 4.90 Å². The predicted octanol–water partition coefficient (Wildman–Crippen LogP) is 16.8. The fraction of sp³-hybridized carbons (Fsp3) is 0.0333. The molecule has 1 aliphatic rings. The number of para-hydroxylation sites is 1. The summed E-state index contributed by atoms with van der Waals surface area (Å²) in [5.41, 5.74) is 14.8. The third-order valence-electron chi connectivity index (χ3n) is 12.5. The zero-order valence-electron chi connectivity index (χ0n) is 34.2. The van der Waals surface area contributed by atoms with E-state index in [1.54, 1.807) is 0 Å². The Bertz CT molecular complexity index is 3230. The van der Waals surface area contributed by atoms with Crippen LogP contribution in [0.3, 0.4) is 0 Å². The Morgan fingerprint density at radius 3 is 1.66 bits per heavy atom. The van der Waals surface area contributed by atoms with Gasteiger partial charge in [0.1, 0.15) is 5.54 Å². The summed E-state index contributed by atoms with van der Waals surface area (Å²) in [7, 11) is 0. The van der Waals surface area contributed by atoms with Crippen molar-refractivity contribution < 1.29 is 0 Å². The molecule has 0 saturated heterocycles. The van der Waals surface area contributed by atoms with Crippen LogP contribution in [-0.2, 0) is 5.54 Å². The van der Waals surface area contributed by atoms with Crippen LogP contribution in [0.1, 0.15) is 17.5 Å². The van der Waals surface area contributed by atoms with Crippen molar-refractivity contribution in [3.8, 4) is 44.5 Å². The predicted molar refractivity (Wildman–Crippen MR) is 266 cm³/mol. The van der Waals surface area contributed by atoms with E-state index in [0.29, 0.717) is 0 Å². The number of allylic oxidation sites excluding steroid dienone is 2. The van der Waals surface area contributed by atoms with Gasteiger partial charge in [-0.2, -0.15) is 0 Å². The number of anilines is 2. The maximum atomic E-state index is 2.65. The summed E-state index contributed by atoms with van der Waals surface area (Å²) in [5, 5.41) is 2.62. The lowest BCUT2D eigenvalue weighted by Gasteiger charge is -2.50. The maximum absolute atomic E-state index is 2.65. The number of hydrogen-bond acceptors (Lipinski definition) is 2. The number of benzene rings is 9. The first kappa shape index (κ1) is 37.5. The molecule has 2 heteroatoms. The highest BCUT2D eigenvalue weighted by molar-refractivity contribution is 7.25. The molecule has 62 heavy (non-hydrogen) atoms. The van der Waals surface area contributed by atoms with E-state index in [1.807, 2.05) is 11.3 Å². The van der Waals surface area contributed by atoms with Gasteiger partial charge in [-0.15, -0.1) is 11.3 Å². The lowest BCUT2D eigenvalue weighted by Crippen LogP contribution is -2.45. The molecule has 0 amide bonds. The fourth-order valence-corrected chi connectivity index (χ4v) is 10.6. The van der Waals surface area contributed by atoms with Gasteiger partial charge in [0.05, 0.1) is 5.69 Å². The summed E-state index contributed by atoms with van der Waals surface area (Å²) < 4.78 is 2.64. The van der Waals surface area contributed by atoms with Crippen molar-refractivity contribution in [1.82, 2.24) is 0 Å². The van der Waals surface area contributed by atoms with Gasteiger partial charge in [0, 0.05) is 31.4 Å². The molecule has 294 valence electrons. The van der Waals surface area contributed by atoms with Crippen LogP contribution in [0.15, 0.2) is 249 Å². The van der Waals surface area contributed by atoms with Gasteiger partial charge in [-0.1, -0.05) is 212 Å². The minimum atomic E-state index is -0.668. The van der Waals surface area contributed by atoms with Crippen LogP contribution in [0, 0.1) is 0 Å². The Hall–Kier alpha value is -7.52. The molecule has 0 aliphatic heterocycles. The first-order chi connectivity index (χ1) is 30.7. The van der Waals surface area contributed by atoms with Crippen LogP contribution in [0.2, 0.25) is 0 Å². The lowest BCUT2D eigenvalue weighted by molar-refractivity contribution is 0.568. The summed E-state index contributed by atoms with van der Waals surface area (Å²) in [6, 6.07) is 84.6. The van der Waals surface area contributed by atoms with Gasteiger partial charge in [-0.05, 0) is 98.5 Å². The summed E-state index contributed by atoms with van der Waals surface area (Å²) in [5.74, 6) is 0. The van der Waals surface area contributed by atoms with Gasteiger partial charge in [-0.3, -0.25) is 0 Å². The van der Waals surface area contributed by atoms with Crippen molar-refractivity contribution in [1.29, 1.82) is 0 Å². The van der Waals surface area contributed by atoms with Gasteiger partial charge in [-0.25, -0.2) is 0 Å². The summed E-state index contributed by atoms with van der Waals surface area (Å²) in [6.07, 6.45) is 7.70. The first-order valence-electron chi connectivity index (χ1n) is 21.4. The molecule has 0 bridgehead atoms. The number of fused-ring (bicyclic) bond motifs is 3. The normalized spacial score (nSPS) is 14.8. The minimum absolute atomic E-state index is 0.668. The minimum Gasteiger partial charge on any atom is -0.326 e. The Labute approximate surface area is 367 Å². The van der Waals surface area contributed by atoms with Crippen LogP contribution in [0.25, 0.3) is 70.3 Å². The molecule has 0 radical (unpaired) electrons. The topological polar surface area (TPSA) is 3.24 Å². The molecule has 0 spiro atoms. The molecule has 10 aromatic rings. The molecule has 1 aliphatic carbocycles. The zero-order valence-corrected chi connectivity index (χ0v) is 35.1. The molecule has 1 heterocycles. The van der Waals surface area contributed by atoms with Gasteiger partial charge in [0.2, 0.25) is 0 Å². The number of nitrogens with zero attached hydrogens (tertiary/aromatic N) is 1. The van der Waals surface area contributed by atoms with E-state index in [2.05, 4.69) is 254 Å². The molecule has 1 aromatic heterocycles. The molecule has 1 nitrogen and oxygen atoms in total. The zero-order chi connectivity index (χ0) is 41.3. The van der Waals surface area contributed by atoms with E-state index in [4.69, 9.17) is 0 Å². The Kier molecular flexibility index (Phi) is 9.77. The molecule has 0 fully saturated rings. The Balaban J connectivity index is 1.15. The first-order valence-corrected chi connectivity index (χ1v) is 22.2. The number of thiophene rings is 1. The molecule has 1 unspecified atom stereocenters. The van der Waals surface area contributed by atoms with Gasteiger partial charge >= 0.3 is 0 Å². The van der Waals surface area contributed by atoms with Gasteiger partial charge in [0.15, 0.2) is 0 Å². The smallest absolute Gasteiger partial charge is 0.100 e. The summed E-state index contributed by atoms with van der Waals surface area (Å²) in [6.45, 7) is 0. The molecule has 9 aromatic carbocycles. The second-order valence-electron chi connectivity index (χ2n) is 16.0. The van der Waals surface area contributed by atoms with Crippen molar-refractivity contribution in [3.63, 3.8) is 0 Å². The summed E-state index contributed by atoms with van der Waals surface area (Å²) in [4.78, 5) is 2.65. The molecule has 11 rings (SSSR count). The van der Waals surface area contributed by atoms with E-state index >= 15 is 0 Å². The third kappa shape index (κ3) is 6.66. The Morgan fingerprint density at radius 2 is 0.903 bits per heavy atom. The fourth-order valence-electron chi connectivity index (χ4n) is 9.56. The van der Waals surface area contributed by atoms with Crippen molar-refractivity contribution in [3.05, 3.63) is 260 Å². The van der Waals surface area contributed by atoms with Gasteiger partial charge < -0.3 is 4.90 Å². The average Bonchev–Trinajstić information content (AvgIpc) is 3.73. The second-order valence-corrected chi connectivity index (χ2v) is 17.1. The molecule has 0 saturated carbocycles. The SMILES string of the molecule is C1=CCC(c2ccccc2-c2ccccc2)(N(c2ccc(-c3ccc4sc5ccccc5c4c3)cc2)c2ccccc2-c2ccc(-c3ccccc3)cc2)C(c2ccccc2)=C1. The van der Waals surface area contributed by atoms with Crippen LogP contribution in [-0.4, -0.2) is 0 Å². The highest BCUT2D eigenvalue weighted by Gasteiger charge is 2.46. The van der Waals surface area contributed by atoms with E-state index in [1.165, 1.54) is 81.4 Å². The highest BCUT2D eigenvalue weighted by Crippen LogP contribution is 2.55. The van der Waals surface area contributed by atoms with Crippen LogP contribution >= 0.6 is 11.3 Å². The molecule has 1 atom stereocenters. The third-order valence-corrected chi connectivity index (χ3v) is 13.6. The monoisotopic (exact) mass is 809 g/mol. The average molecular weight is 810 g/mol. The lowest BCUT2D eigenvalue weighted by atomic mass is 9.70. The van der Waals surface area contributed by atoms with Crippen LogP contribution in [0.4, 0.5) is 11.4 Å². The van der Waals surface area contributed by atoms with Crippen LogP contribution in [0.5, 0.6) is 0 Å². The number of rotatable bonds is 9. The molecular weight excluding hydrogens is 767 g/mol. The number of hydrogen-bond donors (Lipinski definition) is 0. The Morgan fingerprint density at radius 1 is 0.387 bits per heavy atom. The van der Waals surface area contributed by atoms with Crippen molar-refractivity contribution >= 4 is 48.5 Å². The molecule has 0 N–H and O–H groups in total. The van der Waals surface area contributed by atoms with Gasteiger partial charge in [0.25, 0.3) is 0 Å². The van der Waals surface area contributed by atoms with E-state index < -0.39 is 5.54 Å². The highest BCUT2D eigenvalue weighted by atomic mass is 32.1. The largest absolute Gasteiger partial charge is 0.326 e. The van der Waals surface area contributed by atoms with E-state index in [0.717, 1.165) is 17.8 Å².